The Morgan fingerprint density at radius 1 is 0.411 bits per heavy atom. The van der Waals surface area contributed by atoms with Crippen LogP contribution in [0.15, 0.2) is 207 Å². The van der Waals surface area contributed by atoms with E-state index in [9.17, 15) is 86.3 Å². The van der Waals surface area contributed by atoms with Gasteiger partial charge in [0, 0.05) is 105 Å². The molecule has 33 heteroatoms. The molecule has 33 nitrogen and oxygen atoms in total. The molecule has 5 aromatic carbocycles. The number of carbonyl (C=O) groups excluding carboxylic acids is 18. The van der Waals surface area contributed by atoms with Crippen molar-refractivity contribution in [2.45, 2.75) is 211 Å². The van der Waals surface area contributed by atoms with E-state index in [2.05, 4.69) is 35.1 Å². The predicted molar refractivity (Wildman–Crippen MR) is 548 cm³/mol. The van der Waals surface area contributed by atoms with Gasteiger partial charge in [-0.3, -0.25) is 87.0 Å². The van der Waals surface area contributed by atoms with Crippen LogP contribution in [0.1, 0.15) is 238 Å². The molecule has 11 unspecified atom stereocenters. The topological polar surface area (TPSA) is 381 Å². The normalized spacial score (nSPS) is 26.2. The standard InChI is InChI=1S/C21H23N2O4.C19H24N2O3.C19H22N2O3.C19H24N2O3.C18H21N3O3.C17H23N3O3/c1-14-10-11-19(27-4)17(12-14)23(3)15(2)20(25)22(21(23)26)13-18(24)16-8-6-5-7-9-16;1-13-9-10-15(11-13)19(2)17(23)21(18(24)20(19)3)12-16(22)14-7-5-4-6-8-14;1-19(15-11-7-4-8-12-15)17(23)21(18(24)20(19)2)13-16(22)14-9-5-3-6-10-14;1-19(12-14-8-6-7-9-14)17(23)21(18(24)20(19)2)13-16(22)15-10-4-3-5-11-15;1-18(14-8-4-3-5-9-14)16(23)21(17(24)20(18)2)12-15(22)13-7-6-10-19-11-13;1-17(13-6-4-3-5-7-13)15(22)20(16(23)19(17)2)11-14(21)12-8-9-18-10-12/h5-12,15H,13H2,1-4H3;4-8,13,15H,9-12H2,1-3H3;3-7,9-10,15H,8,11-13H2,1-2H3;3-5,10-11,14H,6-9,12-13H2,1-2H3;4,6-8,10-11,14H,3,5,9,12H2,1-2H3;8-10,13,18H,3-7,11H2,1-2H3/q+1;;;;;. The number of aromatic amines is 1. The minimum Gasteiger partial charge on any atom is -0.491 e. The van der Waals surface area contributed by atoms with Gasteiger partial charge in [-0.15, -0.1) is 0 Å². The van der Waals surface area contributed by atoms with Gasteiger partial charge < -0.3 is 34.2 Å². The van der Waals surface area contributed by atoms with Crippen LogP contribution in [-0.4, -0.2) is 293 Å². The molecular weight excluding hydrogens is 1860 g/mol. The SMILES string of the molecule is CC1CCC(C2(C)C(=O)N(CC(=O)c3ccccc3)C(=O)N2C)C1.CN1C(=O)N(CC(=O)c2cc[nH]c2)C(=O)C1(C)C1CCCCC1.CN1C(=O)N(CC(=O)c2ccccc2)C(=O)C1(C)C1CC=CCC1.CN1C(=O)N(CC(=O)c2ccccc2)C(=O)C1(C)CC1CCCC1.CN1C(=O)N(CC(=O)c2cccnc2)C(=O)C1(C)C1C=CCCC1.COc1ccc(C)cc1[N+]1(C)C(=O)N(CC(=O)c2ccccc2)C(=O)C1C. The summed E-state index contributed by atoms with van der Waals surface area (Å²) in [4.78, 5) is 249. The number of urea groups is 6. The number of allylic oxidation sites excluding steroid dienone is 3. The Hall–Kier alpha value is -14.4. The van der Waals surface area contributed by atoms with Gasteiger partial charge in [-0.25, -0.2) is 33.7 Å². The number of quaternary nitrogens is 1. The number of imide groups is 6. The highest BCUT2D eigenvalue weighted by Crippen LogP contribution is 2.48. The molecular formula is C113H137N14O19+. The molecule has 0 bridgehead atoms. The second kappa shape index (κ2) is 45.9. The third-order valence-electron chi connectivity index (χ3n) is 32.6. The molecule has 18 rings (SSSR count). The lowest BCUT2D eigenvalue weighted by Gasteiger charge is -2.38. The van der Waals surface area contributed by atoms with Crippen molar-refractivity contribution in [3.8, 4) is 5.75 Å². The number of ketones is 6. The lowest BCUT2D eigenvalue weighted by atomic mass is 9.75. The van der Waals surface area contributed by atoms with Crippen molar-refractivity contribution in [2.24, 2.45) is 35.5 Å². The predicted octanol–water partition coefficient (Wildman–Crippen LogP) is 16.8. The Labute approximate surface area is 853 Å². The number of ether oxygens (including phenoxy) is 1. The van der Waals surface area contributed by atoms with E-state index in [1.165, 1.54) is 57.1 Å². The van der Waals surface area contributed by atoms with Crippen LogP contribution < -0.4 is 9.22 Å². The van der Waals surface area contributed by atoms with Crippen LogP contribution in [-0.2, 0) is 28.8 Å². The zero-order chi connectivity index (χ0) is 106. The van der Waals surface area contributed by atoms with E-state index in [0.29, 0.717) is 63.1 Å². The quantitative estimate of drug-likeness (QED) is 0.0228. The third kappa shape index (κ3) is 21.7. The Kier molecular flexibility index (Phi) is 34.2. The number of Topliss-reactive ketones (excluding diaryl/α,β-unsaturated/α-hetero) is 6. The lowest BCUT2D eigenvalue weighted by Crippen LogP contribution is -2.53. The molecule has 5 aliphatic carbocycles. The molecule has 11 atom stereocenters. The number of benzene rings is 5. The Bertz CT molecular complexity index is 6150. The van der Waals surface area contributed by atoms with Gasteiger partial charge in [0.1, 0.15) is 27.7 Å². The molecule has 2 aromatic heterocycles. The number of H-pyrrole nitrogens is 1. The molecule has 7 aromatic rings. The summed E-state index contributed by atoms with van der Waals surface area (Å²) in [6, 6.07) is 42.5. The van der Waals surface area contributed by atoms with Crippen LogP contribution >= 0.6 is 0 Å². The minimum atomic E-state index is -0.927. The van der Waals surface area contributed by atoms with E-state index in [1.807, 2.05) is 77.1 Å². The van der Waals surface area contributed by atoms with Crippen LogP contribution in [0.2, 0.25) is 0 Å². The van der Waals surface area contributed by atoms with Gasteiger partial charge in [0.25, 0.3) is 35.4 Å². The van der Waals surface area contributed by atoms with Gasteiger partial charge in [0.05, 0.1) is 53.4 Å². The number of nitrogens with zero attached hydrogens (tertiary/aromatic N) is 13. The number of methoxy groups -OCH3 is 1. The average molecular weight is 2000 g/mol. The number of nitrogens with one attached hydrogen (secondary N) is 1. The number of aromatic nitrogens is 2. The first-order valence-electron chi connectivity index (χ1n) is 50.6. The molecule has 11 aliphatic rings. The number of carbonyl (C=O) groups is 18. The maximum absolute atomic E-state index is 13.3. The summed E-state index contributed by atoms with van der Waals surface area (Å²) in [7, 11) is 11.5. The summed E-state index contributed by atoms with van der Waals surface area (Å²) in [5, 5.41) is 0. The van der Waals surface area contributed by atoms with Crippen molar-refractivity contribution in [2.75, 3.05) is 88.7 Å². The first-order valence-corrected chi connectivity index (χ1v) is 50.6. The molecule has 18 amide bonds. The number of hydrogen-bond acceptors (Lipinski definition) is 20. The molecule has 6 aliphatic heterocycles. The van der Waals surface area contributed by atoms with Crippen molar-refractivity contribution in [1.29, 1.82) is 0 Å². The summed E-state index contributed by atoms with van der Waals surface area (Å²) >= 11 is 0. The fourth-order valence-corrected chi connectivity index (χ4v) is 22.4. The van der Waals surface area contributed by atoms with Crippen LogP contribution in [0.3, 0.4) is 0 Å². The highest BCUT2D eigenvalue weighted by atomic mass is 16.5. The zero-order valence-electron chi connectivity index (χ0n) is 86.4. The Morgan fingerprint density at radius 2 is 0.829 bits per heavy atom. The highest BCUT2D eigenvalue weighted by molar-refractivity contribution is 6.17. The smallest absolute Gasteiger partial charge is 0.432 e. The van der Waals surface area contributed by atoms with Crippen molar-refractivity contribution in [3.05, 3.63) is 246 Å². The fraction of sp³-hybridized carbons (Fsp3) is 0.460. The van der Waals surface area contributed by atoms with E-state index < -0.39 is 45.8 Å². The largest absolute Gasteiger partial charge is 0.491 e. The van der Waals surface area contributed by atoms with E-state index in [-0.39, 0.29) is 162 Å². The third-order valence-corrected chi connectivity index (χ3v) is 32.6. The lowest BCUT2D eigenvalue weighted by molar-refractivity contribution is -0.135. The van der Waals surface area contributed by atoms with Gasteiger partial charge in [0.15, 0.2) is 52.2 Å². The molecule has 1 N–H and O–H groups in total. The second-order valence-corrected chi connectivity index (χ2v) is 41.3. The van der Waals surface area contributed by atoms with Crippen molar-refractivity contribution in [3.63, 3.8) is 0 Å². The van der Waals surface area contributed by atoms with Gasteiger partial charge >= 0.3 is 36.2 Å². The zero-order valence-corrected chi connectivity index (χ0v) is 86.4. The monoisotopic (exact) mass is 1990 g/mol. The minimum absolute atomic E-state index is 0.0220. The number of hydrogen-bond donors (Lipinski definition) is 1. The first kappa shape index (κ1) is 109. The molecule has 0 radical (unpaired) electrons. The number of rotatable bonds is 26. The number of likely N-dealkylation sites (N-methyl/N-ethyl adjacent to an activating group) is 6. The van der Waals surface area contributed by atoms with Crippen molar-refractivity contribution in [1.82, 2.24) is 68.3 Å². The average Bonchev–Trinajstić information content (AvgIpc) is 1.57. The van der Waals surface area contributed by atoms with Gasteiger partial charge in [-0.2, -0.15) is 4.48 Å². The maximum atomic E-state index is 13.3. The molecule has 6 saturated heterocycles. The van der Waals surface area contributed by atoms with Gasteiger partial charge in [0.2, 0.25) is 0 Å². The van der Waals surface area contributed by atoms with Crippen LogP contribution in [0.25, 0.3) is 0 Å². The van der Waals surface area contributed by atoms with E-state index in [1.54, 1.807) is 196 Å². The molecule has 3 saturated carbocycles. The summed E-state index contributed by atoms with van der Waals surface area (Å²) < 4.78 is 5.17. The van der Waals surface area contributed by atoms with E-state index in [0.717, 1.165) is 131 Å². The highest BCUT2D eigenvalue weighted by Gasteiger charge is 2.63. The van der Waals surface area contributed by atoms with Crippen molar-refractivity contribution >= 4 is 112 Å². The summed E-state index contributed by atoms with van der Waals surface area (Å²) in [5.41, 5.74) is 0.171. The van der Waals surface area contributed by atoms with E-state index in [4.69, 9.17) is 4.74 Å². The second-order valence-electron chi connectivity index (χ2n) is 41.3. The Balaban J connectivity index is 0.000000147. The fourth-order valence-electron chi connectivity index (χ4n) is 22.4. The number of aryl methyl sites for hydroxylation is 1. The number of amides is 18. The summed E-state index contributed by atoms with van der Waals surface area (Å²) in [5.74, 6) is -1.10. The van der Waals surface area contributed by atoms with Crippen LogP contribution in [0.5, 0.6) is 5.75 Å². The summed E-state index contributed by atoms with van der Waals surface area (Å²) in [6.07, 6.45) is 33.5. The molecule has 772 valence electrons. The Morgan fingerprint density at radius 3 is 1.25 bits per heavy atom. The maximum Gasteiger partial charge on any atom is 0.432 e. The number of pyridine rings is 1. The first-order chi connectivity index (χ1) is 69.5. The van der Waals surface area contributed by atoms with Gasteiger partial charge in [-0.1, -0.05) is 210 Å². The molecule has 8 heterocycles. The molecule has 9 fully saturated rings. The van der Waals surface area contributed by atoms with Crippen molar-refractivity contribution < 1.29 is 91.0 Å². The summed E-state index contributed by atoms with van der Waals surface area (Å²) in [6.45, 7) is 13.7. The van der Waals surface area contributed by atoms with Crippen LogP contribution in [0.4, 0.5) is 34.5 Å². The molecule has 146 heavy (non-hydrogen) atoms. The van der Waals surface area contributed by atoms with Crippen LogP contribution in [0, 0.1) is 42.4 Å². The molecule has 0 spiro atoms. The van der Waals surface area contributed by atoms with E-state index >= 15 is 0 Å². The van der Waals surface area contributed by atoms with Gasteiger partial charge in [-0.05, 0) is 179 Å².